The summed E-state index contributed by atoms with van der Waals surface area (Å²) >= 11 is 0. The van der Waals surface area contributed by atoms with Crippen molar-refractivity contribution in [3.63, 3.8) is 0 Å². The van der Waals surface area contributed by atoms with E-state index in [1.165, 1.54) is 0 Å². The van der Waals surface area contributed by atoms with Crippen molar-refractivity contribution in [2.75, 3.05) is 46.9 Å². The minimum absolute atomic E-state index is 0.150. The van der Waals surface area contributed by atoms with Gasteiger partial charge in [-0.2, -0.15) is 0 Å². The van der Waals surface area contributed by atoms with Crippen LogP contribution in [0.1, 0.15) is 27.2 Å². The third-order valence-electron chi connectivity index (χ3n) is 2.27. The molecule has 0 fully saturated rings. The fourth-order valence-electron chi connectivity index (χ4n) is 1.34. The second-order valence-electron chi connectivity index (χ2n) is 5.38. The molecule has 0 bridgehead atoms. The summed E-state index contributed by atoms with van der Waals surface area (Å²) in [5.74, 6) is -0.150. The Labute approximate surface area is 111 Å². The molecule has 0 aromatic heterocycles. The highest BCUT2D eigenvalue weighted by atomic mass is 16.6. The Hall–Kier alpha value is -0.650. The first-order chi connectivity index (χ1) is 8.35. The smallest absolute Gasteiger partial charge is 0.307 e. The molecule has 18 heavy (non-hydrogen) atoms. The fraction of sp³-hybridized carbons (Fsp3) is 0.923. The summed E-state index contributed by atoms with van der Waals surface area (Å²) in [7, 11) is 3.75. The van der Waals surface area contributed by atoms with E-state index in [0.29, 0.717) is 13.0 Å². The third kappa shape index (κ3) is 11.8. The molecule has 0 heterocycles. The van der Waals surface area contributed by atoms with Crippen LogP contribution in [0.15, 0.2) is 0 Å². The Bertz CT molecular complexity index is 227. The first-order valence-corrected chi connectivity index (χ1v) is 6.45. The summed E-state index contributed by atoms with van der Waals surface area (Å²) in [4.78, 5) is 13.6. The van der Waals surface area contributed by atoms with Gasteiger partial charge in [0.25, 0.3) is 0 Å². The van der Waals surface area contributed by atoms with Crippen LogP contribution in [0.3, 0.4) is 0 Å². The molecule has 0 saturated heterocycles. The van der Waals surface area contributed by atoms with Gasteiger partial charge in [0.2, 0.25) is 0 Å². The average molecular weight is 260 g/mol. The van der Waals surface area contributed by atoms with Gasteiger partial charge in [0.05, 0.1) is 13.0 Å². The highest BCUT2D eigenvalue weighted by molar-refractivity contribution is 5.70. The number of esters is 1. The zero-order valence-corrected chi connectivity index (χ0v) is 12.4. The molecule has 0 atom stereocenters. The summed E-state index contributed by atoms with van der Waals surface area (Å²) in [5.41, 5.74) is -0.391. The summed E-state index contributed by atoms with van der Waals surface area (Å²) in [6.45, 7) is 9.77. The van der Waals surface area contributed by atoms with Gasteiger partial charge in [0, 0.05) is 33.3 Å². The summed E-state index contributed by atoms with van der Waals surface area (Å²) in [6, 6.07) is 0. The molecule has 0 saturated carbocycles. The molecule has 5 heteroatoms. The van der Waals surface area contributed by atoms with E-state index in [1.54, 1.807) is 7.11 Å². The van der Waals surface area contributed by atoms with Gasteiger partial charge in [0.15, 0.2) is 0 Å². The number of ether oxygens (including phenoxy) is 2. The molecule has 0 aliphatic heterocycles. The molecule has 108 valence electrons. The minimum atomic E-state index is -0.391. The van der Waals surface area contributed by atoms with Crippen molar-refractivity contribution in [2.45, 2.75) is 32.8 Å². The van der Waals surface area contributed by atoms with E-state index in [0.717, 1.165) is 26.2 Å². The molecule has 0 aromatic rings. The zero-order chi connectivity index (χ0) is 14.0. The highest BCUT2D eigenvalue weighted by Gasteiger charge is 2.15. The van der Waals surface area contributed by atoms with E-state index in [1.807, 2.05) is 20.8 Å². The number of hydrogen-bond donors (Lipinski definition) is 1. The molecule has 0 spiro atoms. The number of carbonyl (C=O) groups is 1. The predicted molar refractivity (Wildman–Crippen MR) is 72.7 cm³/mol. The van der Waals surface area contributed by atoms with Crippen LogP contribution >= 0.6 is 0 Å². The van der Waals surface area contributed by atoms with Crippen molar-refractivity contribution >= 4 is 5.97 Å². The lowest BCUT2D eigenvalue weighted by molar-refractivity contribution is -0.154. The number of carbonyl (C=O) groups excluding carboxylic acids is 1. The Morgan fingerprint density at radius 1 is 1.22 bits per heavy atom. The normalized spacial score (nSPS) is 11.9. The van der Waals surface area contributed by atoms with Crippen molar-refractivity contribution < 1.29 is 14.3 Å². The minimum Gasteiger partial charge on any atom is -0.460 e. The highest BCUT2D eigenvalue weighted by Crippen LogP contribution is 2.07. The standard InChI is InChI=1S/C13H28N2O3/c1-13(2,3)18-12(16)6-7-14-8-9-15(4)10-11-17-5/h14H,6-11H2,1-5H3. The number of nitrogens with one attached hydrogen (secondary N) is 1. The largest absolute Gasteiger partial charge is 0.460 e. The van der Waals surface area contributed by atoms with E-state index in [4.69, 9.17) is 9.47 Å². The monoisotopic (exact) mass is 260 g/mol. The van der Waals surface area contributed by atoms with Gasteiger partial charge in [0.1, 0.15) is 5.60 Å². The molecule has 0 aliphatic carbocycles. The van der Waals surface area contributed by atoms with Crippen molar-refractivity contribution in [1.29, 1.82) is 0 Å². The van der Waals surface area contributed by atoms with Crippen LogP contribution in [0.2, 0.25) is 0 Å². The van der Waals surface area contributed by atoms with Crippen LogP contribution in [0.4, 0.5) is 0 Å². The second-order valence-corrected chi connectivity index (χ2v) is 5.38. The second kappa shape index (κ2) is 9.30. The Kier molecular flexibility index (Phi) is 8.97. The molecule has 0 unspecified atom stereocenters. The van der Waals surface area contributed by atoms with Gasteiger partial charge >= 0.3 is 5.97 Å². The van der Waals surface area contributed by atoms with Gasteiger partial charge in [-0.05, 0) is 27.8 Å². The molecule has 0 aromatic carbocycles. The van der Waals surface area contributed by atoms with Crippen molar-refractivity contribution in [3.8, 4) is 0 Å². The predicted octanol–water partition coefficient (Wildman–Crippen LogP) is 0.886. The number of methoxy groups -OCH3 is 1. The zero-order valence-electron chi connectivity index (χ0n) is 12.4. The molecule has 1 N–H and O–H groups in total. The van der Waals surface area contributed by atoms with Gasteiger partial charge in [-0.15, -0.1) is 0 Å². The lowest BCUT2D eigenvalue weighted by Crippen LogP contribution is -2.33. The number of rotatable bonds is 9. The van der Waals surface area contributed by atoms with E-state index in [2.05, 4.69) is 17.3 Å². The van der Waals surface area contributed by atoms with Crippen LogP contribution in [0.25, 0.3) is 0 Å². The fourth-order valence-corrected chi connectivity index (χ4v) is 1.34. The van der Waals surface area contributed by atoms with Gasteiger partial charge in [-0.1, -0.05) is 0 Å². The van der Waals surface area contributed by atoms with Gasteiger partial charge < -0.3 is 19.7 Å². The van der Waals surface area contributed by atoms with Crippen LogP contribution in [-0.2, 0) is 14.3 Å². The number of nitrogens with zero attached hydrogens (tertiary/aromatic N) is 1. The van der Waals surface area contributed by atoms with Crippen molar-refractivity contribution in [1.82, 2.24) is 10.2 Å². The van der Waals surface area contributed by atoms with E-state index >= 15 is 0 Å². The van der Waals surface area contributed by atoms with Crippen LogP contribution in [0, 0.1) is 0 Å². The number of likely N-dealkylation sites (N-methyl/N-ethyl adjacent to an activating group) is 1. The Morgan fingerprint density at radius 2 is 1.89 bits per heavy atom. The molecule has 0 amide bonds. The lowest BCUT2D eigenvalue weighted by Gasteiger charge is -2.19. The first-order valence-electron chi connectivity index (χ1n) is 6.45. The molecule has 0 radical (unpaired) electrons. The van der Waals surface area contributed by atoms with Crippen molar-refractivity contribution in [3.05, 3.63) is 0 Å². The Morgan fingerprint density at radius 3 is 2.44 bits per heavy atom. The first kappa shape index (κ1) is 17.4. The molecule has 0 aliphatic rings. The maximum Gasteiger partial charge on any atom is 0.307 e. The van der Waals surface area contributed by atoms with Crippen LogP contribution in [-0.4, -0.2) is 63.4 Å². The number of hydrogen-bond acceptors (Lipinski definition) is 5. The van der Waals surface area contributed by atoms with Crippen LogP contribution < -0.4 is 5.32 Å². The van der Waals surface area contributed by atoms with Crippen LogP contribution in [0.5, 0.6) is 0 Å². The van der Waals surface area contributed by atoms with Gasteiger partial charge in [-0.25, -0.2) is 0 Å². The summed E-state index contributed by atoms with van der Waals surface area (Å²) < 4.78 is 10.2. The van der Waals surface area contributed by atoms with E-state index < -0.39 is 5.60 Å². The molecular weight excluding hydrogens is 232 g/mol. The average Bonchev–Trinajstić information content (AvgIpc) is 2.23. The Balaban J connectivity index is 3.42. The van der Waals surface area contributed by atoms with Crippen molar-refractivity contribution in [2.24, 2.45) is 0 Å². The van der Waals surface area contributed by atoms with E-state index in [9.17, 15) is 4.79 Å². The van der Waals surface area contributed by atoms with E-state index in [-0.39, 0.29) is 5.97 Å². The quantitative estimate of drug-likeness (QED) is 0.493. The molecule has 0 rings (SSSR count). The third-order valence-corrected chi connectivity index (χ3v) is 2.27. The summed E-state index contributed by atoms with van der Waals surface area (Å²) in [6.07, 6.45) is 0.416. The molecular formula is C13H28N2O3. The van der Waals surface area contributed by atoms with Gasteiger partial charge in [-0.3, -0.25) is 4.79 Å². The summed E-state index contributed by atoms with van der Waals surface area (Å²) in [5, 5.41) is 3.23. The topological polar surface area (TPSA) is 50.8 Å². The maximum atomic E-state index is 11.4. The molecule has 5 nitrogen and oxygen atoms in total. The SMILES string of the molecule is COCCN(C)CCNCCC(=O)OC(C)(C)C. The lowest BCUT2D eigenvalue weighted by atomic mass is 10.2. The maximum absolute atomic E-state index is 11.4.